The molecule has 1 N–H and O–H groups in total. The van der Waals surface area contributed by atoms with Crippen LogP contribution in [0.2, 0.25) is 0 Å². The molecule has 92 valence electrons. The van der Waals surface area contributed by atoms with Crippen molar-refractivity contribution in [3.05, 3.63) is 17.5 Å². The van der Waals surface area contributed by atoms with Crippen molar-refractivity contribution < 1.29 is 4.74 Å². The van der Waals surface area contributed by atoms with Crippen LogP contribution in [-0.2, 0) is 18.3 Å². The molecule has 0 spiro atoms. The van der Waals surface area contributed by atoms with Crippen molar-refractivity contribution in [1.29, 1.82) is 0 Å². The van der Waals surface area contributed by atoms with E-state index in [0.717, 1.165) is 31.8 Å². The molecule has 4 heteroatoms. The highest BCUT2D eigenvalue weighted by atomic mass is 16.5. The number of hydrogen-bond acceptors (Lipinski definition) is 3. The molecular formula is C12H23N3O. The summed E-state index contributed by atoms with van der Waals surface area (Å²) in [6.45, 7) is 4.87. The highest BCUT2D eigenvalue weighted by Crippen LogP contribution is 2.01. The van der Waals surface area contributed by atoms with E-state index in [2.05, 4.69) is 16.5 Å². The highest BCUT2D eigenvalue weighted by Gasteiger charge is 2.00. The highest BCUT2D eigenvalue weighted by molar-refractivity contribution is 5.08. The van der Waals surface area contributed by atoms with Crippen LogP contribution in [-0.4, -0.2) is 30.0 Å². The molecule has 0 unspecified atom stereocenters. The Bertz CT molecular complexity index is 296. The molecule has 0 aliphatic rings. The van der Waals surface area contributed by atoms with Gasteiger partial charge < -0.3 is 10.1 Å². The molecule has 0 radical (unpaired) electrons. The van der Waals surface area contributed by atoms with Crippen molar-refractivity contribution in [2.24, 2.45) is 7.05 Å². The van der Waals surface area contributed by atoms with E-state index in [-0.39, 0.29) is 0 Å². The van der Waals surface area contributed by atoms with Crippen LogP contribution in [0.3, 0.4) is 0 Å². The van der Waals surface area contributed by atoms with E-state index in [1.807, 2.05) is 18.7 Å². The first-order chi connectivity index (χ1) is 7.74. The summed E-state index contributed by atoms with van der Waals surface area (Å²) in [5.74, 6) is 0. The molecule has 0 saturated carbocycles. The molecule has 4 nitrogen and oxygen atoms in total. The number of nitrogens with one attached hydrogen (secondary N) is 1. The fraction of sp³-hybridized carbons (Fsp3) is 0.750. The summed E-state index contributed by atoms with van der Waals surface area (Å²) in [5, 5.41) is 7.74. The molecule has 0 aromatic carbocycles. The van der Waals surface area contributed by atoms with Gasteiger partial charge in [-0.2, -0.15) is 5.10 Å². The van der Waals surface area contributed by atoms with Gasteiger partial charge in [-0.15, -0.1) is 0 Å². The Morgan fingerprint density at radius 1 is 1.38 bits per heavy atom. The van der Waals surface area contributed by atoms with E-state index in [1.54, 1.807) is 7.11 Å². The largest absolute Gasteiger partial charge is 0.385 e. The number of ether oxygens (including phenoxy) is 1. The van der Waals surface area contributed by atoms with Gasteiger partial charge in [0.05, 0.1) is 11.4 Å². The molecule has 0 amide bonds. The Labute approximate surface area is 98.0 Å². The molecule has 1 rings (SSSR count). The first-order valence-electron chi connectivity index (χ1n) is 5.93. The van der Waals surface area contributed by atoms with Crippen molar-refractivity contribution in [1.82, 2.24) is 15.1 Å². The molecular weight excluding hydrogens is 202 g/mol. The van der Waals surface area contributed by atoms with E-state index < -0.39 is 0 Å². The number of rotatable bonds is 8. The molecule has 0 aliphatic heterocycles. The summed E-state index contributed by atoms with van der Waals surface area (Å²) in [7, 11) is 3.74. The molecule has 0 fully saturated rings. The predicted molar refractivity (Wildman–Crippen MR) is 65.4 cm³/mol. The van der Waals surface area contributed by atoms with Crippen LogP contribution in [0, 0.1) is 6.92 Å². The van der Waals surface area contributed by atoms with Crippen molar-refractivity contribution in [2.75, 3.05) is 20.3 Å². The average molecular weight is 225 g/mol. The number of nitrogens with zero attached hydrogens (tertiary/aromatic N) is 2. The summed E-state index contributed by atoms with van der Waals surface area (Å²) in [5.41, 5.74) is 2.33. The summed E-state index contributed by atoms with van der Waals surface area (Å²) < 4.78 is 6.94. The van der Waals surface area contributed by atoms with E-state index in [9.17, 15) is 0 Å². The van der Waals surface area contributed by atoms with Gasteiger partial charge in [-0.05, 0) is 38.8 Å². The third-order valence-corrected chi connectivity index (χ3v) is 2.61. The normalized spacial score (nSPS) is 10.9. The van der Waals surface area contributed by atoms with Crippen molar-refractivity contribution in [2.45, 2.75) is 32.7 Å². The molecule has 0 bridgehead atoms. The Balaban J connectivity index is 2.05. The monoisotopic (exact) mass is 225 g/mol. The summed E-state index contributed by atoms with van der Waals surface area (Å²) >= 11 is 0. The molecule has 0 atom stereocenters. The fourth-order valence-corrected chi connectivity index (χ4v) is 1.72. The van der Waals surface area contributed by atoms with Crippen LogP contribution in [0.5, 0.6) is 0 Å². The van der Waals surface area contributed by atoms with Gasteiger partial charge >= 0.3 is 0 Å². The van der Waals surface area contributed by atoms with Crippen LogP contribution in [0.4, 0.5) is 0 Å². The number of hydrogen-bond donors (Lipinski definition) is 1. The summed E-state index contributed by atoms with van der Waals surface area (Å²) in [6, 6.07) is 2.12. The Morgan fingerprint density at radius 2 is 2.19 bits per heavy atom. The number of methoxy groups -OCH3 is 1. The second-order valence-corrected chi connectivity index (χ2v) is 4.13. The van der Waals surface area contributed by atoms with Gasteiger partial charge in [0.15, 0.2) is 0 Å². The van der Waals surface area contributed by atoms with E-state index in [0.29, 0.717) is 0 Å². The van der Waals surface area contributed by atoms with Crippen LogP contribution in [0.1, 0.15) is 30.7 Å². The van der Waals surface area contributed by atoms with Crippen LogP contribution < -0.4 is 5.32 Å². The van der Waals surface area contributed by atoms with E-state index >= 15 is 0 Å². The van der Waals surface area contributed by atoms with Crippen molar-refractivity contribution in [3.63, 3.8) is 0 Å². The standard InChI is InChI=1S/C12H23N3O/c1-11-9-12(15(2)14-11)10-13-7-5-4-6-8-16-3/h9,13H,4-8,10H2,1-3H3. The van der Waals surface area contributed by atoms with Crippen molar-refractivity contribution >= 4 is 0 Å². The van der Waals surface area contributed by atoms with Gasteiger partial charge in [-0.3, -0.25) is 4.68 Å². The Morgan fingerprint density at radius 3 is 2.81 bits per heavy atom. The van der Waals surface area contributed by atoms with E-state index in [1.165, 1.54) is 18.5 Å². The van der Waals surface area contributed by atoms with Gasteiger partial charge in [-0.1, -0.05) is 0 Å². The smallest absolute Gasteiger partial charge is 0.0597 e. The maximum absolute atomic E-state index is 5.00. The third-order valence-electron chi connectivity index (χ3n) is 2.61. The van der Waals surface area contributed by atoms with Crippen LogP contribution >= 0.6 is 0 Å². The van der Waals surface area contributed by atoms with Crippen LogP contribution in [0.15, 0.2) is 6.07 Å². The number of unbranched alkanes of at least 4 members (excludes halogenated alkanes) is 2. The zero-order valence-corrected chi connectivity index (χ0v) is 10.6. The molecule has 16 heavy (non-hydrogen) atoms. The summed E-state index contributed by atoms with van der Waals surface area (Å²) in [4.78, 5) is 0. The molecule has 1 heterocycles. The molecule has 0 aliphatic carbocycles. The van der Waals surface area contributed by atoms with Gasteiger partial charge in [-0.25, -0.2) is 0 Å². The lowest BCUT2D eigenvalue weighted by Crippen LogP contribution is -2.17. The molecule has 0 saturated heterocycles. The minimum atomic E-state index is 0.876. The second kappa shape index (κ2) is 7.41. The van der Waals surface area contributed by atoms with Crippen LogP contribution in [0.25, 0.3) is 0 Å². The second-order valence-electron chi connectivity index (χ2n) is 4.13. The minimum absolute atomic E-state index is 0.876. The fourth-order valence-electron chi connectivity index (χ4n) is 1.72. The number of aromatic nitrogens is 2. The first-order valence-corrected chi connectivity index (χ1v) is 5.93. The quantitative estimate of drug-likeness (QED) is 0.684. The summed E-state index contributed by atoms with van der Waals surface area (Å²) in [6.07, 6.45) is 3.59. The number of aryl methyl sites for hydroxylation is 2. The van der Waals surface area contributed by atoms with Gasteiger partial charge in [0.2, 0.25) is 0 Å². The SMILES string of the molecule is COCCCCCNCc1cc(C)nn1C. The van der Waals surface area contributed by atoms with E-state index in [4.69, 9.17) is 4.74 Å². The lowest BCUT2D eigenvalue weighted by Gasteiger charge is -2.04. The minimum Gasteiger partial charge on any atom is -0.385 e. The lowest BCUT2D eigenvalue weighted by atomic mass is 10.2. The van der Waals surface area contributed by atoms with Gasteiger partial charge in [0.25, 0.3) is 0 Å². The lowest BCUT2D eigenvalue weighted by molar-refractivity contribution is 0.192. The zero-order valence-electron chi connectivity index (χ0n) is 10.6. The Hall–Kier alpha value is -0.870. The predicted octanol–water partition coefficient (Wildman–Crippen LogP) is 1.63. The molecule has 1 aromatic heterocycles. The van der Waals surface area contributed by atoms with Gasteiger partial charge in [0, 0.05) is 27.3 Å². The topological polar surface area (TPSA) is 39.1 Å². The average Bonchev–Trinajstić information content (AvgIpc) is 2.56. The molecule has 1 aromatic rings. The Kier molecular flexibility index (Phi) is 6.11. The third kappa shape index (κ3) is 4.77. The van der Waals surface area contributed by atoms with Gasteiger partial charge in [0.1, 0.15) is 0 Å². The van der Waals surface area contributed by atoms with Crippen molar-refractivity contribution in [3.8, 4) is 0 Å². The maximum Gasteiger partial charge on any atom is 0.0597 e. The zero-order chi connectivity index (χ0) is 11.8. The first kappa shape index (κ1) is 13.2. The maximum atomic E-state index is 5.00.